The first-order valence-electron chi connectivity index (χ1n) is 8.91. The number of methoxy groups -OCH3 is 1. The smallest absolute Gasteiger partial charge is 0.252 e. The van der Waals surface area contributed by atoms with Crippen LogP contribution in [0.1, 0.15) is 12.5 Å². The zero-order valence-electron chi connectivity index (χ0n) is 15.8. The molecule has 1 amide bonds. The molecule has 0 N–H and O–H groups in total. The third kappa shape index (κ3) is 4.57. The number of rotatable bonds is 7. The Morgan fingerprint density at radius 3 is 2.54 bits per heavy atom. The second kappa shape index (κ2) is 8.81. The fraction of sp³-hybridized carbons (Fsp3) is 0.300. The number of amides is 1. The first kappa shape index (κ1) is 20.4. The Morgan fingerprint density at radius 2 is 1.86 bits per heavy atom. The number of carbonyl (C=O) groups excluding carboxylic acids is 1. The van der Waals surface area contributed by atoms with Gasteiger partial charge in [0.2, 0.25) is 0 Å². The van der Waals surface area contributed by atoms with Gasteiger partial charge in [-0.05, 0) is 29.8 Å². The molecule has 0 spiro atoms. The minimum Gasteiger partial charge on any atom is -0.383 e. The van der Waals surface area contributed by atoms with Crippen molar-refractivity contribution in [2.24, 2.45) is 4.99 Å². The molecule has 0 atom stereocenters. The standard InChI is InChI=1S/C20H22N2O4S2/c1-3-28(24,25)16-10-8-15(9-11-16)14-19(23)21-20-22(12-13-26-2)17-6-4-5-7-18(17)27-20/h4-11H,3,12-14H2,1-2H3. The maximum Gasteiger partial charge on any atom is 0.252 e. The van der Waals surface area contributed by atoms with Crippen molar-refractivity contribution in [2.45, 2.75) is 24.8 Å². The van der Waals surface area contributed by atoms with E-state index < -0.39 is 9.84 Å². The van der Waals surface area contributed by atoms with Gasteiger partial charge in [-0.15, -0.1) is 0 Å². The van der Waals surface area contributed by atoms with Crippen molar-refractivity contribution in [3.05, 3.63) is 58.9 Å². The molecule has 148 valence electrons. The molecule has 28 heavy (non-hydrogen) atoms. The number of fused-ring (bicyclic) bond motifs is 1. The normalized spacial score (nSPS) is 12.6. The number of nitrogens with zero attached hydrogens (tertiary/aromatic N) is 2. The van der Waals surface area contributed by atoms with Crippen LogP contribution in [0.5, 0.6) is 0 Å². The summed E-state index contributed by atoms with van der Waals surface area (Å²) in [4.78, 5) is 17.7. The molecule has 1 heterocycles. The molecule has 0 saturated carbocycles. The van der Waals surface area contributed by atoms with E-state index in [0.29, 0.717) is 18.0 Å². The van der Waals surface area contributed by atoms with E-state index in [4.69, 9.17) is 4.74 Å². The lowest BCUT2D eigenvalue weighted by Crippen LogP contribution is -2.19. The van der Waals surface area contributed by atoms with E-state index in [0.717, 1.165) is 15.8 Å². The van der Waals surface area contributed by atoms with E-state index in [2.05, 4.69) is 4.99 Å². The number of carbonyl (C=O) groups is 1. The average molecular weight is 419 g/mol. The Balaban J connectivity index is 1.86. The van der Waals surface area contributed by atoms with Gasteiger partial charge in [0.15, 0.2) is 14.6 Å². The number of hydrogen-bond acceptors (Lipinski definition) is 5. The van der Waals surface area contributed by atoms with E-state index >= 15 is 0 Å². The van der Waals surface area contributed by atoms with Crippen molar-refractivity contribution in [2.75, 3.05) is 19.5 Å². The zero-order valence-corrected chi connectivity index (χ0v) is 17.4. The van der Waals surface area contributed by atoms with E-state index in [1.807, 2.05) is 28.8 Å². The van der Waals surface area contributed by atoms with Crippen LogP contribution in [-0.4, -0.2) is 38.4 Å². The van der Waals surface area contributed by atoms with Crippen LogP contribution in [0.3, 0.4) is 0 Å². The fourth-order valence-electron chi connectivity index (χ4n) is 2.81. The monoisotopic (exact) mass is 418 g/mol. The molecule has 0 aliphatic carbocycles. The highest BCUT2D eigenvalue weighted by Crippen LogP contribution is 2.17. The van der Waals surface area contributed by atoms with Crippen molar-refractivity contribution >= 4 is 37.3 Å². The molecule has 8 heteroatoms. The van der Waals surface area contributed by atoms with Gasteiger partial charge in [0, 0.05) is 13.7 Å². The van der Waals surface area contributed by atoms with Crippen molar-refractivity contribution < 1.29 is 17.9 Å². The van der Waals surface area contributed by atoms with Crippen LogP contribution < -0.4 is 4.80 Å². The molecule has 0 unspecified atom stereocenters. The number of aromatic nitrogens is 1. The lowest BCUT2D eigenvalue weighted by Gasteiger charge is -2.04. The van der Waals surface area contributed by atoms with Crippen LogP contribution in [0.2, 0.25) is 0 Å². The molecule has 0 saturated heterocycles. The summed E-state index contributed by atoms with van der Waals surface area (Å²) in [7, 11) is -1.60. The first-order valence-corrected chi connectivity index (χ1v) is 11.4. The number of benzene rings is 2. The summed E-state index contributed by atoms with van der Waals surface area (Å²) >= 11 is 1.46. The summed E-state index contributed by atoms with van der Waals surface area (Å²) < 4.78 is 32.0. The van der Waals surface area contributed by atoms with Crippen LogP contribution >= 0.6 is 11.3 Å². The summed E-state index contributed by atoms with van der Waals surface area (Å²) in [6.45, 7) is 2.74. The van der Waals surface area contributed by atoms with Crippen molar-refractivity contribution in [3.63, 3.8) is 0 Å². The van der Waals surface area contributed by atoms with Crippen LogP contribution in [0.15, 0.2) is 58.4 Å². The quantitative estimate of drug-likeness (QED) is 0.591. The number of para-hydroxylation sites is 1. The molecule has 3 aromatic rings. The van der Waals surface area contributed by atoms with Gasteiger partial charge < -0.3 is 9.30 Å². The SMILES string of the molecule is CCS(=O)(=O)c1ccc(CC(=O)N=c2sc3ccccc3n2CCOC)cc1. The topological polar surface area (TPSA) is 77.7 Å². The second-order valence-corrected chi connectivity index (χ2v) is 9.51. The zero-order chi connectivity index (χ0) is 20.1. The van der Waals surface area contributed by atoms with Gasteiger partial charge in [-0.2, -0.15) is 4.99 Å². The molecule has 1 aromatic heterocycles. The largest absolute Gasteiger partial charge is 0.383 e. The van der Waals surface area contributed by atoms with Gasteiger partial charge >= 0.3 is 0 Å². The van der Waals surface area contributed by atoms with Crippen LogP contribution in [-0.2, 0) is 32.3 Å². The molecular weight excluding hydrogens is 396 g/mol. The predicted molar refractivity (Wildman–Crippen MR) is 110 cm³/mol. The minimum atomic E-state index is -3.24. The Kier molecular flexibility index (Phi) is 6.43. The Hall–Kier alpha value is -2.29. The summed E-state index contributed by atoms with van der Waals surface area (Å²) in [6.07, 6.45) is 0.116. The highest BCUT2D eigenvalue weighted by molar-refractivity contribution is 7.91. The number of sulfone groups is 1. The molecule has 0 fully saturated rings. The lowest BCUT2D eigenvalue weighted by molar-refractivity contribution is -0.117. The van der Waals surface area contributed by atoms with Crippen LogP contribution in [0, 0.1) is 0 Å². The molecular formula is C20H22N2O4S2. The summed E-state index contributed by atoms with van der Waals surface area (Å²) in [5.74, 6) is -0.225. The van der Waals surface area contributed by atoms with Crippen molar-refractivity contribution in [1.82, 2.24) is 4.57 Å². The van der Waals surface area contributed by atoms with E-state index in [1.54, 1.807) is 38.3 Å². The molecule has 2 aromatic carbocycles. The Bertz CT molecular complexity index is 1140. The Morgan fingerprint density at radius 1 is 1.14 bits per heavy atom. The van der Waals surface area contributed by atoms with Crippen LogP contribution in [0.4, 0.5) is 0 Å². The van der Waals surface area contributed by atoms with E-state index in [1.165, 1.54) is 11.3 Å². The van der Waals surface area contributed by atoms with E-state index in [-0.39, 0.29) is 23.0 Å². The minimum absolute atomic E-state index is 0.0496. The highest BCUT2D eigenvalue weighted by Gasteiger charge is 2.12. The summed E-state index contributed by atoms with van der Waals surface area (Å²) in [6, 6.07) is 14.3. The highest BCUT2D eigenvalue weighted by atomic mass is 32.2. The Labute approximate surface area is 168 Å². The molecule has 0 aliphatic heterocycles. The number of ether oxygens (including phenoxy) is 1. The fourth-order valence-corrected chi connectivity index (χ4v) is 4.76. The summed E-state index contributed by atoms with van der Waals surface area (Å²) in [5, 5.41) is 0. The van der Waals surface area contributed by atoms with E-state index in [9.17, 15) is 13.2 Å². The van der Waals surface area contributed by atoms with Gasteiger partial charge in [-0.1, -0.05) is 42.5 Å². The first-order chi connectivity index (χ1) is 13.4. The number of thiazole rings is 1. The van der Waals surface area contributed by atoms with Crippen LogP contribution in [0.25, 0.3) is 10.2 Å². The van der Waals surface area contributed by atoms with Crippen molar-refractivity contribution in [1.29, 1.82) is 0 Å². The van der Waals surface area contributed by atoms with Gasteiger partial charge in [-0.3, -0.25) is 4.79 Å². The molecule has 0 bridgehead atoms. The maximum atomic E-state index is 12.5. The molecule has 6 nitrogen and oxygen atoms in total. The maximum absolute atomic E-state index is 12.5. The molecule has 0 radical (unpaired) electrons. The van der Waals surface area contributed by atoms with Crippen molar-refractivity contribution in [3.8, 4) is 0 Å². The van der Waals surface area contributed by atoms with Gasteiger partial charge in [0.05, 0.1) is 33.9 Å². The average Bonchev–Trinajstić information content (AvgIpc) is 3.03. The van der Waals surface area contributed by atoms with Gasteiger partial charge in [0.25, 0.3) is 5.91 Å². The molecule has 0 aliphatic rings. The summed E-state index contributed by atoms with van der Waals surface area (Å²) in [5.41, 5.74) is 1.75. The third-order valence-electron chi connectivity index (χ3n) is 4.35. The number of hydrogen-bond donors (Lipinski definition) is 0. The van der Waals surface area contributed by atoms with Gasteiger partial charge in [0.1, 0.15) is 0 Å². The third-order valence-corrected chi connectivity index (χ3v) is 7.16. The second-order valence-electron chi connectivity index (χ2n) is 6.23. The molecule has 3 rings (SSSR count). The van der Waals surface area contributed by atoms with Gasteiger partial charge in [-0.25, -0.2) is 8.42 Å². The predicted octanol–water partition coefficient (Wildman–Crippen LogP) is 2.81. The lowest BCUT2D eigenvalue weighted by atomic mass is 10.1.